The normalized spacial score (nSPS) is 28.9. The van der Waals surface area contributed by atoms with Gasteiger partial charge in [-0.25, -0.2) is 0 Å². The fourth-order valence-electron chi connectivity index (χ4n) is 5.45. The van der Waals surface area contributed by atoms with E-state index in [1.807, 2.05) is 24.3 Å². The number of hydrogen-bond donors (Lipinski definition) is 1. The van der Waals surface area contributed by atoms with Crippen LogP contribution < -0.4 is 10.8 Å². The van der Waals surface area contributed by atoms with Gasteiger partial charge in [0.2, 0.25) is 0 Å². The van der Waals surface area contributed by atoms with Crippen LogP contribution in [-0.4, -0.2) is 29.6 Å². The maximum absolute atomic E-state index is 13.4. The van der Waals surface area contributed by atoms with Gasteiger partial charge in [0.1, 0.15) is 0 Å². The number of anilines is 1. The predicted octanol–water partition coefficient (Wildman–Crippen LogP) is 4.47. The Labute approximate surface area is 183 Å². The second kappa shape index (κ2) is 5.78. The van der Waals surface area contributed by atoms with Crippen molar-refractivity contribution in [1.29, 1.82) is 0 Å². The lowest BCUT2D eigenvalue weighted by Gasteiger charge is -2.35. The third-order valence-electron chi connectivity index (χ3n) is 7.89. The highest BCUT2D eigenvalue weighted by atomic mass is 16.7. The molecule has 0 aromatic heterocycles. The Hall–Kier alpha value is -2.63. The van der Waals surface area contributed by atoms with E-state index in [-0.39, 0.29) is 22.9 Å². The van der Waals surface area contributed by atoms with Crippen molar-refractivity contribution >= 4 is 29.6 Å². The highest BCUT2D eigenvalue weighted by molar-refractivity contribution is 6.62. The van der Waals surface area contributed by atoms with Crippen LogP contribution in [0, 0.1) is 0 Å². The summed E-state index contributed by atoms with van der Waals surface area (Å²) in [6.45, 7) is 10.4. The summed E-state index contributed by atoms with van der Waals surface area (Å²) in [7, 11) is -0.401. The van der Waals surface area contributed by atoms with Crippen molar-refractivity contribution in [3.63, 3.8) is 0 Å². The number of benzene rings is 2. The van der Waals surface area contributed by atoms with Crippen LogP contribution in [0.4, 0.5) is 5.69 Å². The van der Waals surface area contributed by atoms with Gasteiger partial charge < -0.3 is 14.6 Å². The number of ketones is 1. The second-order valence-corrected chi connectivity index (χ2v) is 10.3. The van der Waals surface area contributed by atoms with Crippen LogP contribution in [0.1, 0.15) is 62.0 Å². The minimum absolute atomic E-state index is 0.0712. The molecule has 2 aromatic rings. The maximum Gasteiger partial charge on any atom is 0.494 e. The van der Waals surface area contributed by atoms with Crippen LogP contribution in [0.25, 0.3) is 5.57 Å². The third kappa shape index (κ3) is 2.36. The van der Waals surface area contributed by atoms with E-state index in [2.05, 4.69) is 70.3 Å². The molecule has 1 saturated heterocycles. The molecule has 0 amide bonds. The van der Waals surface area contributed by atoms with Crippen molar-refractivity contribution in [3.05, 3.63) is 76.9 Å². The summed E-state index contributed by atoms with van der Waals surface area (Å²) < 4.78 is 12.6. The van der Waals surface area contributed by atoms with Crippen molar-refractivity contribution in [3.8, 4) is 0 Å². The zero-order chi connectivity index (χ0) is 21.8. The molecule has 0 saturated carbocycles. The SMILES string of the molecule is CC12Nc3ccc(B4OC(C)(C)C(C)(C)O4)cc3C1C=CC1=C2C(=O)c2ccccc21. The first-order chi connectivity index (χ1) is 14.6. The molecule has 31 heavy (non-hydrogen) atoms. The molecule has 0 spiro atoms. The maximum atomic E-state index is 13.4. The van der Waals surface area contributed by atoms with Gasteiger partial charge in [0.15, 0.2) is 5.78 Å². The average molecular weight is 411 g/mol. The number of fused-ring (bicyclic) bond motifs is 6. The van der Waals surface area contributed by atoms with Gasteiger partial charge in [0.05, 0.1) is 16.7 Å². The van der Waals surface area contributed by atoms with E-state index >= 15 is 0 Å². The summed E-state index contributed by atoms with van der Waals surface area (Å²) in [5.41, 5.74) is 5.78. The van der Waals surface area contributed by atoms with E-state index in [4.69, 9.17) is 9.31 Å². The van der Waals surface area contributed by atoms with Crippen LogP contribution in [-0.2, 0) is 9.31 Å². The first-order valence-electron chi connectivity index (χ1n) is 11.0. The number of rotatable bonds is 1. The number of carbonyl (C=O) groups is 1. The van der Waals surface area contributed by atoms with Gasteiger partial charge in [-0.1, -0.05) is 48.6 Å². The van der Waals surface area contributed by atoms with Crippen LogP contribution in [0.3, 0.4) is 0 Å². The fourth-order valence-corrected chi connectivity index (χ4v) is 5.45. The number of carbonyl (C=O) groups excluding carboxylic acids is 1. The van der Waals surface area contributed by atoms with E-state index in [1.54, 1.807) is 0 Å². The Morgan fingerprint density at radius 1 is 0.935 bits per heavy atom. The minimum atomic E-state index is -0.475. The van der Waals surface area contributed by atoms with E-state index < -0.39 is 12.7 Å². The third-order valence-corrected chi connectivity index (χ3v) is 7.89. The number of nitrogens with one attached hydrogen (secondary N) is 1. The molecule has 6 rings (SSSR count). The van der Waals surface area contributed by atoms with Gasteiger partial charge in [0, 0.05) is 22.7 Å². The Bertz CT molecular complexity index is 1210. The lowest BCUT2D eigenvalue weighted by molar-refractivity contribution is 0.00578. The average Bonchev–Trinajstić information content (AvgIpc) is 3.26. The molecule has 0 radical (unpaired) electrons. The molecule has 0 bridgehead atoms. The number of Topliss-reactive ketones (excluding diaryl/α,β-unsaturated/α-hetero) is 1. The topological polar surface area (TPSA) is 47.6 Å². The van der Waals surface area contributed by atoms with Crippen LogP contribution >= 0.6 is 0 Å². The monoisotopic (exact) mass is 411 g/mol. The standard InChI is InChI=1S/C26H26BNO3/c1-24(2)25(3,4)31-27(30-24)15-10-13-21-19(14-15)20-12-11-17-16-8-6-7-9-18(16)23(29)22(17)26(20,5)28-21/h6-14,20,28H,1-5H3. The van der Waals surface area contributed by atoms with Crippen molar-refractivity contribution in [2.45, 2.75) is 57.3 Å². The van der Waals surface area contributed by atoms with Crippen molar-refractivity contribution in [2.24, 2.45) is 0 Å². The van der Waals surface area contributed by atoms with E-state index in [9.17, 15) is 4.79 Å². The summed E-state index contributed by atoms with van der Waals surface area (Å²) in [5, 5.41) is 3.69. The van der Waals surface area contributed by atoms with Crippen molar-refractivity contribution < 1.29 is 14.1 Å². The molecule has 156 valence electrons. The fraction of sp³-hybridized carbons (Fsp3) is 0.346. The molecule has 1 fully saturated rings. The van der Waals surface area contributed by atoms with Gasteiger partial charge in [-0.15, -0.1) is 0 Å². The number of hydrogen-bond acceptors (Lipinski definition) is 4. The molecule has 5 heteroatoms. The van der Waals surface area contributed by atoms with Crippen molar-refractivity contribution in [2.75, 3.05) is 5.32 Å². The molecular formula is C26H26BNO3. The van der Waals surface area contributed by atoms with Crippen LogP contribution in [0.2, 0.25) is 0 Å². The Morgan fingerprint density at radius 2 is 1.61 bits per heavy atom. The Morgan fingerprint density at radius 3 is 2.32 bits per heavy atom. The van der Waals surface area contributed by atoms with Crippen LogP contribution in [0.5, 0.6) is 0 Å². The van der Waals surface area contributed by atoms with Crippen molar-refractivity contribution in [1.82, 2.24) is 0 Å². The molecule has 4 nitrogen and oxygen atoms in total. The van der Waals surface area contributed by atoms with E-state index in [0.717, 1.165) is 33.4 Å². The Balaban J connectivity index is 1.40. The summed E-state index contributed by atoms with van der Waals surface area (Å²) in [6.07, 6.45) is 4.37. The predicted molar refractivity (Wildman–Crippen MR) is 124 cm³/mol. The summed E-state index contributed by atoms with van der Waals surface area (Å²) in [6, 6.07) is 14.3. The van der Waals surface area contributed by atoms with E-state index in [0.29, 0.717) is 0 Å². The van der Waals surface area contributed by atoms with Crippen LogP contribution in [0.15, 0.2) is 60.2 Å². The van der Waals surface area contributed by atoms with E-state index in [1.165, 1.54) is 5.56 Å². The first-order valence-corrected chi connectivity index (χ1v) is 11.0. The lowest BCUT2D eigenvalue weighted by atomic mass is 9.71. The second-order valence-electron chi connectivity index (χ2n) is 10.3. The molecule has 2 aromatic carbocycles. The van der Waals surface area contributed by atoms with Gasteiger partial charge in [0.25, 0.3) is 0 Å². The molecule has 2 unspecified atom stereocenters. The van der Waals surface area contributed by atoms with Gasteiger partial charge in [-0.2, -0.15) is 0 Å². The summed E-state index contributed by atoms with van der Waals surface area (Å²) in [5.74, 6) is 0.204. The number of allylic oxidation sites excluding steroid dienone is 2. The summed E-state index contributed by atoms with van der Waals surface area (Å²) in [4.78, 5) is 13.4. The molecule has 1 N–H and O–H groups in total. The highest BCUT2D eigenvalue weighted by Gasteiger charge is 2.54. The van der Waals surface area contributed by atoms with Gasteiger partial charge >= 0.3 is 7.12 Å². The Kier molecular flexibility index (Phi) is 3.56. The summed E-state index contributed by atoms with van der Waals surface area (Å²) >= 11 is 0. The lowest BCUT2D eigenvalue weighted by Crippen LogP contribution is -2.41. The quantitative estimate of drug-likeness (QED) is 0.704. The smallest absolute Gasteiger partial charge is 0.399 e. The largest absolute Gasteiger partial charge is 0.494 e. The molecule has 2 aliphatic heterocycles. The van der Waals surface area contributed by atoms with Gasteiger partial charge in [-0.3, -0.25) is 4.79 Å². The molecule has 2 aliphatic carbocycles. The molecular weight excluding hydrogens is 385 g/mol. The first kappa shape index (κ1) is 19.1. The highest BCUT2D eigenvalue weighted by Crippen LogP contribution is 2.54. The minimum Gasteiger partial charge on any atom is -0.399 e. The van der Waals surface area contributed by atoms with Gasteiger partial charge in [-0.05, 0) is 62.8 Å². The molecule has 2 atom stereocenters. The zero-order valence-electron chi connectivity index (χ0n) is 18.6. The molecule has 2 heterocycles. The molecule has 4 aliphatic rings. The zero-order valence-corrected chi connectivity index (χ0v) is 18.6.